The molecule has 0 amide bonds. The van der Waals surface area contributed by atoms with Crippen LogP contribution in [0.15, 0.2) is 23.1 Å². The second kappa shape index (κ2) is 4.58. The van der Waals surface area contributed by atoms with Crippen LogP contribution in [-0.4, -0.2) is 10.4 Å². The Bertz CT molecular complexity index is 410. The van der Waals surface area contributed by atoms with E-state index in [-0.39, 0.29) is 5.69 Å². The summed E-state index contributed by atoms with van der Waals surface area (Å²) in [5.41, 5.74) is -3.41. The smallest absolute Gasteiger partial charge is 0.323 e. The van der Waals surface area contributed by atoms with Crippen LogP contribution in [0, 0.1) is 10.1 Å². The first-order chi connectivity index (χ1) is 7.35. The molecule has 0 unspecified atom stereocenters. The predicted molar refractivity (Wildman–Crippen MR) is 52.8 cm³/mol. The molecule has 1 aromatic rings. The molecule has 0 aliphatic heterocycles. The molecular formula is C7H6F3N3O2S. The molecule has 0 atom stereocenters. The fraction of sp³-hybridized carbons (Fsp3) is 0.143. The minimum atomic E-state index is -4.61. The van der Waals surface area contributed by atoms with Gasteiger partial charge in [0.1, 0.15) is 4.90 Å². The fourth-order valence-electron chi connectivity index (χ4n) is 1.01. The number of nitro benzene ring substituents is 1. The van der Waals surface area contributed by atoms with Gasteiger partial charge >= 0.3 is 5.51 Å². The molecule has 9 heteroatoms. The molecule has 0 heterocycles. The zero-order valence-corrected chi connectivity index (χ0v) is 8.43. The van der Waals surface area contributed by atoms with Crippen molar-refractivity contribution in [2.45, 2.75) is 10.4 Å². The number of alkyl halides is 3. The Balaban J connectivity index is 3.25. The van der Waals surface area contributed by atoms with Gasteiger partial charge in [0.05, 0.1) is 10.6 Å². The molecule has 0 saturated carbocycles. The molecule has 0 spiro atoms. The van der Waals surface area contributed by atoms with E-state index in [0.29, 0.717) is 0 Å². The van der Waals surface area contributed by atoms with Crippen molar-refractivity contribution >= 4 is 23.1 Å². The van der Waals surface area contributed by atoms with E-state index in [4.69, 9.17) is 5.84 Å². The topological polar surface area (TPSA) is 81.2 Å². The van der Waals surface area contributed by atoms with Crippen molar-refractivity contribution in [3.8, 4) is 0 Å². The first kappa shape index (κ1) is 12.6. The molecule has 0 aliphatic rings. The number of nitrogens with two attached hydrogens (primary N) is 1. The quantitative estimate of drug-likeness (QED) is 0.374. The van der Waals surface area contributed by atoms with Crippen LogP contribution in [0.4, 0.5) is 24.5 Å². The van der Waals surface area contributed by atoms with Crippen LogP contribution in [0.1, 0.15) is 0 Å². The number of benzene rings is 1. The number of rotatable bonds is 3. The highest BCUT2D eigenvalue weighted by Crippen LogP contribution is 2.44. The number of nitrogens with zero attached hydrogens (tertiary/aromatic N) is 1. The van der Waals surface area contributed by atoms with Gasteiger partial charge in [-0.05, 0) is 17.8 Å². The van der Waals surface area contributed by atoms with E-state index < -0.39 is 32.8 Å². The Hall–Kier alpha value is -1.48. The average molecular weight is 253 g/mol. The van der Waals surface area contributed by atoms with Gasteiger partial charge in [0.25, 0.3) is 5.69 Å². The maximum Gasteiger partial charge on any atom is 0.446 e. The highest BCUT2D eigenvalue weighted by molar-refractivity contribution is 8.00. The molecule has 1 rings (SSSR count). The Morgan fingerprint density at radius 2 is 2.06 bits per heavy atom. The number of nitrogen functional groups attached to an aromatic ring is 1. The third-order valence-corrected chi connectivity index (χ3v) is 2.43. The zero-order valence-electron chi connectivity index (χ0n) is 7.62. The molecule has 0 aromatic heterocycles. The van der Waals surface area contributed by atoms with Crippen LogP contribution in [0.2, 0.25) is 0 Å². The molecule has 0 bridgehead atoms. The van der Waals surface area contributed by atoms with Gasteiger partial charge in [-0.1, -0.05) is 6.07 Å². The Morgan fingerprint density at radius 1 is 1.44 bits per heavy atom. The summed E-state index contributed by atoms with van der Waals surface area (Å²) in [7, 11) is 0. The third-order valence-electron chi connectivity index (χ3n) is 1.56. The second-order valence-electron chi connectivity index (χ2n) is 2.60. The number of halogens is 3. The first-order valence-corrected chi connectivity index (χ1v) is 4.66. The summed E-state index contributed by atoms with van der Waals surface area (Å²) in [4.78, 5) is 9.08. The molecule has 88 valence electrons. The zero-order chi connectivity index (χ0) is 12.3. The fourth-order valence-corrected chi connectivity index (χ4v) is 1.72. The number of nitrogens with one attached hydrogen (secondary N) is 1. The van der Waals surface area contributed by atoms with E-state index in [2.05, 4.69) is 0 Å². The third kappa shape index (κ3) is 3.00. The lowest BCUT2D eigenvalue weighted by molar-refractivity contribution is -0.387. The summed E-state index contributed by atoms with van der Waals surface area (Å²) in [5.74, 6) is 4.99. The Morgan fingerprint density at radius 3 is 2.50 bits per heavy atom. The average Bonchev–Trinajstić information content (AvgIpc) is 2.15. The summed E-state index contributed by atoms with van der Waals surface area (Å²) >= 11 is -0.577. The number of nitro groups is 1. The summed E-state index contributed by atoms with van der Waals surface area (Å²) in [5, 5.41) is 10.5. The molecule has 0 saturated heterocycles. The van der Waals surface area contributed by atoms with Crippen molar-refractivity contribution in [2.24, 2.45) is 5.84 Å². The van der Waals surface area contributed by atoms with Crippen LogP contribution in [0.5, 0.6) is 0 Å². The Kier molecular flexibility index (Phi) is 3.60. The van der Waals surface area contributed by atoms with Crippen molar-refractivity contribution < 1.29 is 18.1 Å². The van der Waals surface area contributed by atoms with Crippen LogP contribution >= 0.6 is 11.8 Å². The van der Waals surface area contributed by atoms with Gasteiger partial charge in [0.15, 0.2) is 0 Å². The van der Waals surface area contributed by atoms with E-state index in [9.17, 15) is 23.3 Å². The molecule has 1 aromatic carbocycles. The molecule has 16 heavy (non-hydrogen) atoms. The monoisotopic (exact) mass is 253 g/mol. The largest absolute Gasteiger partial charge is 0.446 e. The minimum Gasteiger partial charge on any atom is -0.323 e. The summed E-state index contributed by atoms with van der Waals surface area (Å²) in [6, 6.07) is 3.45. The minimum absolute atomic E-state index is 0.142. The maximum atomic E-state index is 12.2. The van der Waals surface area contributed by atoms with E-state index in [0.717, 1.165) is 6.07 Å². The van der Waals surface area contributed by atoms with Gasteiger partial charge in [-0.25, -0.2) is 0 Å². The van der Waals surface area contributed by atoms with E-state index in [1.807, 2.05) is 5.43 Å². The lowest BCUT2D eigenvalue weighted by Crippen LogP contribution is -2.10. The first-order valence-electron chi connectivity index (χ1n) is 3.85. The standard InChI is InChI=1S/C7H6F3N3O2S/c8-7(9,10)16-6-4(12-11)2-1-3-5(6)13(14)15/h1-3,12H,11H2. The van der Waals surface area contributed by atoms with E-state index in [1.165, 1.54) is 12.1 Å². The summed E-state index contributed by atoms with van der Waals surface area (Å²) in [6.07, 6.45) is 0. The van der Waals surface area contributed by atoms with Crippen LogP contribution in [0.25, 0.3) is 0 Å². The highest BCUT2D eigenvalue weighted by Gasteiger charge is 2.34. The predicted octanol–water partition coefficient (Wildman–Crippen LogP) is 2.49. The van der Waals surface area contributed by atoms with Crippen LogP contribution < -0.4 is 11.3 Å². The number of hydrazine groups is 1. The number of thioether (sulfide) groups is 1. The number of hydrogen-bond acceptors (Lipinski definition) is 5. The van der Waals surface area contributed by atoms with Crippen molar-refractivity contribution in [1.29, 1.82) is 0 Å². The van der Waals surface area contributed by atoms with E-state index >= 15 is 0 Å². The van der Waals surface area contributed by atoms with Crippen molar-refractivity contribution in [3.63, 3.8) is 0 Å². The van der Waals surface area contributed by atoms with Gasteiger partial charge < -0.3 is 5.43 Å². The maximum absolute atomic E-state index is 12.2. The van der Waals surface area contributed by atoms with Crippen molar-refractivity contribution in [3.05, 3.63) is 28.3 Å². The Labute approximate surface area is 91.9 Å². The second-order valence-corrected chi connectivity index (χ2v) is 3.68. The van der Waals surface area contributed by atoms with Gasteiger partial charge in [0.2, 0.25) is 0 Å². The summed E-state index contributed by atoms with van der Waals surface area (Å²) < 4.78 is 36.5. The van der Waals surface area contributed by atoms with Gasteiger partial charge in [-0.3, -0.25) is 16.0 Å². The molecule has 0 fully saturated rings. The molecule has 0 radical (unpaired) electrons. The summed E-state index contributed by atoms with van der Waals surface area (Å²) in [6.45, 7) is 0. The molecular weight excluding hydrogens is 247 g/mol. The highest BCUT2D eigenvalue weighted by atomic mass is 32.2. The van der Waals surface area contributed by atoms with Crippen LogP contribution in [0.3, 0.4) is 0 Å². The number of hydrogen-bond donors (Lipinski definition) is 2. The van der Waals surface area contributed by atoms with Gasteiger partial charge in [-0.2, -0.15) is 13.2 Å². The van der Waals surface area contributed by atoms with Gasteiger partial charge in [-0.15, -0.1) is 0 Å². The number of anilines is 1. The van der Waals surface area contributed by atoms with Crippen molar-refractivity contribution in [2.75, 3.05) is 5.43 Å². The normalized spacial score (nSPS) is 11.2. The lowest BCUT2D eigenvalue weighted by atomic mass is 10.3. The van der Waals surface area contributed by atoms with Crippen molar-refractivity contribution in [1.82, 2.24) is 0 Å². The van der Waals surface area contributed by atoms with Gasteiger partial charge in [0, 0.05) is 6.07 Å². The lowest BCUT2D eigenvalue weighted by Gasteiger charge is -2.10. The van der Waals surface area contributed by atoms with Crippen LogP contribution in [-0.2, 0) is 0 Å². The molecule has 5 nitrogen and oxygen atoms in total. The molecule has 0 aliphatic carbocycles. The van der Waals surface area contributed by atoms with E-state index in [1.54, 1.807) is 0 Å². The molecule has 3 N–H and O–H groups in total. The SMILES string of the molecule is NNc1cccc([N+](=O)[O-])c1SC(F)(F)F.